The van der Waals surface area contributed by atoms with Gasteiger partial charge in [0.1, 0.15) is 0 Å². The van der Waals surface area contributed by atoms with Crippen LogP contribution in [-0.2, 0) is 19.5 Å². The molecule has 0 atom stereocenters. The molecule has 1 aliphatic heterocycles. The van der Waals surface area contributed by atoms with E-state index in [1.807, 2.05) is 0 Å². The van der Waals surface area contributed by atoms with Gasteiger partial charge in [-0.3, -0.25) is 20.9 Å². The molecule has 110 valence electrons. The Morgan fingerprint density at radius 1 is 1.43 bits per heavy atom. The topological polar surface area (TPSA) is 84.4 Å². The quantitative estimate of drug-likeness (QED) is 0.515. The van der Waals surface area contributed by atoms with Gasteiger partial charge in [0.25, 0.3) is 5.69 Å². The van der Waals surface area contributed by atoms with Gasteiger partial charge in [-0.25, -0.2) is 0 Å². The summed E-state index contributed by atoms with van der Waals surface area (Å²) < 4.78 is 0. The summed E-state index contributed by atoms with van der Waals surface area (Å²) in [6, 6.07) is 6.87. The van der Waals surface area contributed by atoms with Crippen LogP contribution in [0.15, 0.2) is 29.6 Å². The number of fused-ring (bicyclic) bond motifs is 1. The Morgan fingerprint density at radius 2 is 2.29 bits per heavy atom. The summed E-state index contributed by atoms with van der Waals surface area (Å²) in [5.74, 6) is 5.51. The molecule has 2 heterocycles. The van der Waals surface area contributed by atoms with E-state index >= 15 is 0 Å². The van der Waals surface area contributed by atoms with Crippen LogP contribution < -0.4 is 11.3 Å². The Kier molecular flexibility index (Phi) is 3.87. The maximum absolute atomic E-state index is 10.9. The molecular weight excluding hydrogens is 288 g/mol. The van der Waals surface area contributed by atoms with Crippen molar-refractivity contribution in [2.24, 2.45) is 5.84 Å². The third-order valence-corrected chi connectivity index (χ3v) is 4.76. The average Bonchev–Trinajstić information content (AvgIpc) is 2.94. The second-order valence-electron chi connectivity index (χ2n) is 5.07. The zero-order valence-electron chi connectivity index (χ0n) is 11.4. The number of thiophene rings is 1. The highest BCUT2D eigenvalue weighted by Gasteiger charge is 2.19. The van der Waals surface area contributed by atoms with Crippen molar-refractivity contribution in [2.45, 2.75) is 19.5 Å². The van der Waals surface area contributed by atoms with Gasteiger partial charge in [-0.15, -0.1) is 11.3 Å². The predicted molar refractivity (Wildman–Crippen MR) is 83.0 cm³/mol. The molecule has 3 rings (SSSR count). The number of hydrogen-bond donors (Lipinski definition) is 2. The minimum Gasteiger partial charge on any atom is -0.324 e. The summed E-state index contributed by atoms with van der Waals surface area (Å²) in [6.07, 6.45) is 1.04. The van der Waals surface area contributed by atoms with Gasteiger partial charge in [-0.05, 0) is 35.1 Å². The maximum Gasteiger partial charge on any atom is 0.269 e. The summed E-state index contributed by atoms with van der Waals surface area (Å²) in [5, 5.41) is 13.0. The van der Waals surface area contributed by atoms with E-state index in [1.54, 1.807) is 23.5 Å². The molecule has 3 N–H and O–H groups in total. The minimum atomic E-state index is -0.378. The highest BCUT2D eigenvalue weighted by atomic mass is 32.1. The van der Waals surface area contributed by atoms with Crippen LogP contribution in [0.3, 0.4) is 0 Å². The summed E-state index contributed by atoms with van der Waals surface area (Å²) in [5.41, 5.74) is 5.66. The first-order chi connectivity index (χ1) is 10.2. The molecule has 6 nitrogen and oxygen atoms in total. The van der Waals surface area contributed by atoms with Crippen molar-refractivity contribution < 1.29 is 4.92 Å². The first-order valence-electron chi connectivity index (χ1n) is 6.69. The monoisotopic (exact) mass is 304 g/mol. The largest absolute Gasteiger partial charge is 0.324 e. The number of benzene rings is 1. The Balaban J connectivity index is 1.81. The number of nitrogens with zero attached hydrogens (tertiary/aromatic N) is 2. The lowest BCUT2D eigenvalue weighted by Gasteiger charge is -2.27. The van der Waals surface area contributed by atoms with Crippen LogP contribution in [0.2, 0.25) is 0 Å². The van der Waals surface area contributed by atoms with Crippen LogP contribution in [0.5, 0.6) is 0 Å². The van der Waals surface area contributed by atoms with Crippen molar-refractivity contribution >= 4 is 22.7 Å². The van der Waals surface area contributed by atoms with E-state index in [-0.39, 0.29) is 10.6 Å². The number of nitrogens with one attached hydrogen (secondary N) is 1. The number of nitro groups is 1. The van der Waals surface area contributed by atoms with Gasteiger partial charge >= 0.3 is 0 Å². The van der Waals surface area contributed by atoms with Crippen molar-refractivity contribution in [1.29, 1.82) is 0 Å². The molecule has 1 aromatic heterocycles. The summed E-state index contributed by atoms with van der Waals surface area (Å²) in [4.78, 5) is 14.3. The zero-order valence-corrected chi connectivity index (χ0v) is 12.2. The van der Waals surface area contributed by atoms with E-state index in [1.165, 1.54) is 16.5 Å². The molecule has 21 heavy (non-hydrogen) atoms. The molecule has 0 bridgehead atoms. The predicted octanol–water partition coefficient (Wildman–Crippen LogP) is 2.50. The fraction of sp³-hybridized carbons (Fsp3) is 0.286. The number of rotatable bonds is 4. The van der Waals surface area contributed by atoms with E-state index < -0.39 is 0 Å². The number of hydrazine groups is 1. The summed E-state index contributed by atoms with van der Waals surface area (Å²) in [6.45, 7) is 2.49. The molecule has 1 aromatic carbocycles. The smallest absolute Gasteiger partial charge is 0.269 e. The Labute approximate surface area is 126 Å². The van der Waals surface area contributed by atoms with Crippen LogP contribution in [0.25, 0.3) is 0 Å². The molecule has 1 aliphatic rings. The van der Waals surface area contributed by atoms with Crippen molar-refractivity contribution in [3.63, 3.8) is 0 Å². The molecule has 0 unspecified atom stereocenters. The lowest BCUT2D eigenvalue weighted by molar-refractivity contribution is -0.384. The van der Waals surface area contributed by atoms with Gasteiger partial charge in [-0.1, -0.05) is 0 Å². The van der Waals surface area contributed by atoms with Crippen LogP contribution in [0.1, 0.15) is 16.0 Å². The van der Waals surface area contributed by atoms with Crippen LogP contribution >= 0.6 is 11.3 Å². The van der Waals surface area contributed by atoms with Crippen LogP contribution in [0, 0.1) is 10.1 Å². The minimum absolute atomic E-state index is 0.0947. The van der Waals surface area contributed by atoms with E-state index in [2.05, 4.69) is 21.8 Å². The number of non-ortho nitro benzene ring substituents is 1. The first kappa shape index (κ1) is 14.0. The molecule has 0 aliphatic carbocycles. The van der Waals surface area contributed by atoms with E-state index in [9.17, 15) is 10.1 Å². The molecule has 0 radical (unpaired) electrons. The van der Waals surface area contributed by atoms with E-state index in [0.717, 1.165) is 30.8 Å². The highest BCUT2D eigenvalue weighted by Crippen LogP contribution is 2.28. The van der Waals surface area contributed by atoms with Gasteiger partial charge < -0.3 is 5.43 Å². The molecule has 7 heteroatoms. The number of nitrogen functional groups attached to an aromatic ring is 1. The number of hydrogen-bond acceptors (Lipinski definition) is 6. The molecule has 0 saturated carbocycles. The van der Waals surface area contributed by atoms with Crippen molar-refractivity contribution in [1.82, 2.24) is 4.90 Å². The SMILES string of the molecule is NNc1ccc([N+](=O)[O-])cc1CN1CCc2sccc2C1. The fourth-order valence-electron chi connectivity index (χ4n) is 2.65. The molecule has 2 aromatic rings. The van der Waals surface area contributed by atoms with Crippen molar-refractivity contribution in [2.75, 3.05) is 12.0 Å². The second-order valence-corrected chi connectivity index (χ2v) is 6.07. The van der Waals surface area contributed by atoms with Gasteiger partial charge in [0, 0.05) is 36.6 Å². The number of nitrogens with two attached hydrogens (primary N) is 1. The standard InChI is InChI=1S/C14H16N4O2S/c15-16-13-2-1-12(18(19)20)7-11(13)9-17-5-3-14-10(8-17)4-6-21-14/h1-2,4,6-7,16H,3,5,8-9,15H2. The van der Waals surface area contributed by atoms with Gasteiger partial charge in [0.2, 0.25) is 0 Å². The number of nitro benzene ring substituents is 1. The summed E-state index contributed by atoms with van der Waals surface area (Å²) in [7, 11) is 0. The van der Waals surface area contributed by atoms with Gasteiger partial charge in [-0.2, -0.15) is 0 Å². The Hall–Kier alpha value is -1.96. The van der Waals surface area contributed by atoms with Crippen LogP contribution in [0.4, 0.5) is 11.4 Å². The first-order valence-corrected chi connectivity index (χ1v) is 7.57. The second kappa shape index (κ2) is 5.80. The lowest BCUT2D eigenvalue weighted by atomic mass is 10.1. The third kappa shape index (κ3) is 2.90. The maximum atomic E-state index is 10.9. The van der Waals surface area contributed by atoms with Crippen molar-refractivity contribution in [3.8, 4) is 0 Å². The zero-order chi connectivity index (χ0) is 14.8. The summed E-state index contributed by atoms with van der Waals surface area (Å²) >= 11 is 1.80. The van der Waals surface area contributed by atoms with E-state index in [0.29, 0.717) is 6.54 Å². The van der Waals surface area contributed by atoms with Gasteiger partial charge in [0.15, 0.2) is 0 Å². The fourth-order valence-corrected chi connectivity index (χ4v) is 3.54. The van der Waals surface area contributed by atoms with Crippen molar-refractivity contribution in [3.05, 3.63) is 55.8 Å². The highest BCUT2D eigenvalue weighted by molar-refractivity contribution is 7.10. The normalized spacial score (nSPS) is 14.7. The Bertz CT molecular complexity index is 671. The molecule has 0 amide bonds. The molecule has 0 saturated heterocycles. The Morgan fingerprint density at radius 3 is 3.05 bits per heavy atom. The number of anilines is 1. The average molecular weight is 304 g/mol. The lowest BCUT2D eigenvalue weighted by Crippen LogP contribution is -2.29. The van der Waals surface area contributed by atoms with E-state index in [4.69, 9.17) is 5.84 Å². The molecule has 0 fully saturated rings. The third-order valence-electron chi connectivity index (χ3n) is 3.74. The van der Waals surface area contributed by atoms with Gasteiger partial charge in [0.05, 0.1) is 10.6 Å². The molecular formula is C14H16N4O2S. The van der Waals surface area contributed by atoms with Crippen LogP contribution in [-0.4, -0.2) is 16.4 Å². The molecule has 0 spiro atoms.